The molecule has 2 aromatic heterocycles. The van der Waals surface area contributed by atoms with Gasteiger partial charge in [0.05, 0.1) is 10.7 Å². The summed E-state index contributed by atoms with van der Waals surface area (Å²) in [5.41, 5.74) is 2.24. The largest absolute Gasteiger partial charge is 0.297 e. The van der Waals surface area contributed by atoms with Gasteiger partial charge in [-0.1, -0.05) is 0 Å². The van der Waals surface area contributed by atoms with Gasteiger partial charge in [-0.05, 0) is 32.9 Å². The first-order valence-corrected chi connectivity index (χ1v) is 7.51. The Labute approximate surface area is 117 Å². The fourth-order valence-electron chi connectivity index (χ4n) is 2.56. The summed E-state index contributed by atoms with van der Waals surface area (Å²) in [7, 11) is 0. The van der Waals surface area contributed by atoms with Crippen LogP contribution in [0.1, 0.15) is 34.6 Å². The number of hydrogen-bond acceptors (Lipinski definition) is 5. The Bertz CT molecular complexity index is 566. The van der Waals surface area contributed by atoms with E-state index in [1.165, 1.54) is 5.69 Å². The normalized spacial score (nSPS) is 20.0. The molecule has 5 heteroatoms. The molecule has 0 radical (unpaired) electrons. The maximum Gasteiger partial charge on any atom is 0.132 e. The van der Waals surface area contributed by atoms with Gasteiger partial charge in [-0.2, -0.15) is 0 Å². The maximum absolute atomic E-state index is 4.55. The monoisotopic (exact) mass is 274 g/mol. The second-order valence-electron chi connectivity index (χ2n) is 5.13. The second-order valence-corrected chi connectivity index (χ2v) is 6.20. The first-order chi connectivity index (χ1) is 9.20. The van der Waals surface area contributed by atoms with E-state index in [1.807, 2.05) is 19.2 Å². The first kappa shape index (κ1) is 12.7. The molecule has 2 aromatic rings. The van der Waals surface area contributed by atoms with Gasteiger partial charge in [0.15, 0.2) is 0 Å². The molecular formula is C14H18N4S. The summed E-state index contributed by atoms with van der Waals surface area (Å²) in [6.07, 6.45) is 3.01. The van der Waals surface area contributed by atoms with Crippen LogP contribution in [-0.4, -0.2) is 32.9 Å². The summed E-state index contributed by atoms with van der Waals surface area (Å²) in [4.78, 5) is 15.9. The van der Waals surface area contributed by atoms with Gasteiger partial charge < -0.3 is 0 Å². The van der Waals surface area contributed by atoms with Gasteiger partial charge in [0.25, 0.3) is 0 Å². The second kappa shape index (κ2) is 5.35. The summed E-state index contributed by atoms with van der Waals surface area (Å²) in [5.74, 6) is 1.47. The molecule has 1 saturated heterocycles. The van der Waals surface area contributed by atoms with E-state index in [-0.39, 0.29) is 0 Å². The van der Waals surface area contributed by atoms with Crippen LogP contribution in [0.15, 0.2) is 17.6 Å². The molecular weight excluding hydrogens is 256 g/mol. The van der Waals surface area contributed by atoms with Crippen LogP contribution in [0.25, 0.3) is 0 Å². The van der Waals surface area contributed by atoms with E-state index in [0.717, 1.165) is 42.6 Å². The van der Waals surface area contributed by atoms with Crippen molar-refractivity contribution in [1.82, 2.24) is 19.9 Å². The molecule has 4 nitrogen and oxygen atoms in total. The minimum atomic E-state index is 0.472. The lowest BCUT2D eigenvalue weighted by Crippen LogP contribution is -2.20. The van der Waals surface area contributed by atoms with Crippen molar-refractivity contribution in [3.05, 3.63) is 39.9 Å². The zero-order valence-corrected chi connectivity index (χ0v) is 12.2. The lowest BCUT2D eigenvalue weighted by Gasteiger charge is -2.14. The van der Waals surface area contributed by atoms with Crippen molar-refractivity contribution < 1.29 is 0 Å². The highest BCUT2D eigenvalue weighted by atomic mass is 32.1. The first-order valence-electron chi connectivity index (χ1n) is 6.63. The predicted molar refractivity (Wildman–Crippen MR) is 76.3 cm³/mol. The van der Waals surface area contributed by atoms with Crippen molar-refractivity contribution >= 4 is 11.3 Å². The highest BCUT2D eigenvalue weighted by Crippen LogP contribution is 2.26. The summed E-state index contributed by atoms with van der Waals surface area (Å²) >= 11 is 1.72. The molecule has 0 amide bonds. The van der Waals surface area contributed by atoms with Crippen LogP contribution in [0.3, 0.4) is 0 Å². The number of hydrogen-bond donors (Lipinski definition) is 0. The Hall–Kier alpha value is -1.33. The van der Waals surface area contributed by atoms with Gasteiger partial charge in [0.1, 0.15) is 5.82 Å². The molecule has 3 heterocycles. The SMILES string of the molecule is Cc1ccnc(C2CCN(Cc3csc(C)n3)C2)n1. The molecule has 0 N–H and O–H groups in total. The number of likely N-dealkylation sites (tertiary alicyclic amines) is 1. The third kappa shape index (κ3) is 2.98. The minimum Gasteiger partial charge on any atom is -0.297 e. The highest BCUT2D eigenvalue weighted by molar-refractivity contribution is 7.09. The van der Waals surface area contributed by atoms with Crippen LogP contribution in [-0.2, 0) is 6.54 Å². The molecule has 1 aliphatic heterocycles. The molecule has 0 spiro atoms. The molecule has 0 bridgehead atoms. The van der Waals surface area contributed by atoms with E-state index in [4.69, 9.17) is 0 Å². The van der Waals surface area contributed by atoms with Gasteiger partial charge in [0, 0.05) is 36.3 Å². The standard InChI is InChI=1S/C14H18N4S/c1-10-3-5-15-14(16-10)12-4-6-18(7-12)8-13-9-19-11(2)17-13/h3,5,9,12H,4,6-8H2,1-2H3. The number of rotatable bonds is 3. The fraction of sp³-hybridized carbons (Fsp3) is 0.500. The van der Waals surface area contributed by atoms with Crippen LogP contribution in [0, 0.1) is 13.8 Å². The molecule has 0 aliphatic carbocycles. The molecule has 1 unspecified atom stereocenters. The smallest absolute Gasteiger partial charge is 0.132 e. The molecule has 1 atom stereocenters. The Morgan fingerprint density at radius 1 is 1.37 bits per heavy atom. The third-order valence-electron chi connectivity index (χ3n) is 3.50. The number of aromatic nitrogens is 3. The van der Waals surface area contributed by atoms with Gasteiger partial charge in [-0.3, -0.25) is 4.90 Å². The average Bonchev–Trinajstić information content (AvgIpc) is 2.99. The molecule has 1 fully saturated rings. The van der Waals surface area contributed by atoms with Crippen molar-refractivity contribution in [3.8, 4) is 0 Å². The highest BCUT2D eigenvalue weighted by Gasteiger charge is 2.26. The lowest BCUT2D eigenvalue weighted by molar-refractivity contribution is 0.322. The van der Waals surface area contributed by atoms with Crippen molar-refractivity contribution in [1.29, 1.82) is 0 Å². The number of aryl methyl sites for hydroxylation is 2. The summed E-state index contributed by atoms with van der Waals surface area (Å²) in [6.45, 7) is 7.18. The van der Waals surface area contributed by atoms with E-state index in [2.05, 4.69) is 32.2 Å². The fourth-order valence-corrected chi connectivity index (χ4v) is 3.17. The van der Waals surface area contributed by atoms with E-state index in [1.54, 1.807) is 11.3 Å². The Kier molecular flexibility index (Phi) is 3.57. The van der Waals surface area contributed by atoms with E-state index < -0.39 is 0 Å². The van der Waals surface area contributed by atoms with Crippen molar-refractivity contribution in [2.24, 2.45) is 0 Å². The maximum atomic E-state index is 4.55. The van der Waals surface area contributed by atoms with Crippen LogP contribution in [0.5, 0.6) is 0 Å². The van der Waals surface area contributed by atoms with Crippen molar-refractivity contribution in [2.45, 2.75) is 32.7 Å². The van der Waals surface area contributed by atoms with Crippen molar-refractivity contribution in [3.63, 3.8) is 0 Å². The third-order valence-corrected chi connectivity index (χ3v) is 4.33. The minimum absolute atomic E-state index is 0.472. The molecule has 1 aliphatic rings. The zero-order valence-electron chi connectivity index (χ0n) is 11.3. The topological polar surface area (TPSA) is 41.9 Å². The van der Waals surface area contributed by atoms with Crippen molar-refractivity contribution in [2.75, 3.05) is 13.1 Å². The van der Waals surface area contributed by atoms with E-state index in [9.17, 15) is 0 Å². The van der Waals surface area contributed by atoms with Crippen LogP contribution in [0.2, 0.25) is 0 Å². The predicted octanol–water partition coefficient (Wildman–Crippen LogP) is 2.54. The van der Waals surface area contributed by atoms with Gasteiger partial charge in [-0.25, -0.2) is 15.0 Å². The van der Waals surface area contributed by atoms with E-state index >= 15 is 0 Å². The Morgan fingerprint density at radius 2 is 2.26 bits per heavy atom. The Balaban J connectivity index is 1.64. The molecule has 3 rings (SSSR count). The molecule has 0 saturated carbocycles. The molecule has 100 valence electrons. The summed E-state index contributed by atoms with van der Waals surface area (Å²) < 4.78 is 0. The van der Waals surface area contributed by atoms with Crippen LogP contribution >= 0.6 is 11.3 Å². The molecule has 19 heavy (non-hydrogen) atoms. The number of thiazole rings is 1. The van der Waals surface area contributed by atoms with Gasteiger partial charge in [-0.15, -0.1) is 11.3 Å². The quantitative estimate of drug-likeness (QED) is 0.862. The summed E-state index contributed by atoms with van der Waals surface area (Å²) in [6, 6.07) is 1.95. The average molecular weight is 274 g/mol. The van der Waals surface area contributed by atoms with Gasteiger partial charge in [0.2, 0.25) is 0 Å². The zero-order chi connectivity index (χ0) is 13.2. The van der Waals surface area contributed by atoms with Crippen LogP contribution < -0.4 is 0 Å². The Morgan fingerprint density at radius 3 is 3.00 bits per heavy atom. The van der Waals surface area contributed by atoms with Gasteiger partial charge >= 0.3 is 0 Å². The lowest BCUT2D eigenvalue weighted by atomic mass is 10.1. The number of nitrogens with zero attached hydrogens (tertiary/aromatic N) is 4. The summed E-state index contributed by atoms with van der Waals surface area (Å²) in [5, 5.41) is 3.30. The molecule has 0 aromatic carbocycles. The van der Waals surface area contributed by atoms with Crippen LogP contribution in [0.4, 0.5) is 0 Å². The van der Waals surface area contributed by atoms with E-state index in [0.29, 0.717) is 5.92 Å².